The van der Waals surface area contributed by atoms with Crippen LogP contribution < -0.4 is 5.73 Å². The van der Waals surface area contributed by atoms with E-state index in [9.17, 15) is 0 Å². The molecule has 94 valence electrons. The van der Waals surface area contributed by atoms with E-state index in [-0.39, 0.29) is 11.5 Å². The van der Waals surface area contributed by atoms with Crippen LogP contribution in [0.3, 0.4) is 0 Å². The number of hydrogen-bond acceptors (Lipinski definition) is 5. The van der Waals surface area contributed by atoms with Crippen LogP contribution >= 0.6 is 0 Å². The normalized spacial score (nSPS) is 11.9. The number of oxime groups is 1. The van der Waals surface area contributed by atoms with Crippen LogP contribution in [0, 0.1) is 0 Å². The molecule has 3 rings (SSSR count). The summed E-state index contributed by atoms with van der Waals surface area (Å²) >= 11 is 0. The molecule has 0 unspecified atom stereocenters. The molecule has 19 heavy (non-hydrogen) atoms. The maximum atomic E-state index is 8.79. The van der Waals surface area contributed by atoms with Crippen molar-refractivity contribution in [2.75, 3.05) is 0 Å². The molecule has 7 heteroatoms. The van der Waals surface area contributed by atoms with E-state index < -0.39 is 0 Å². The van der Waals surface area contributed by atoms with Gasteiger partial charge in [0, 0.05) is 17.8 Å². The summed E-state index contributed by atoms with van der Waals surface area (Å²) in [6.45, 7) is 0. The fraction of sp³-hybridized carbons (Fsp3) is 0. The molecule has 0 aliphatic heterocycles. The molecule has 0 amide bonds. The molecule has 0 fully saturated rings. The third-order valence-corrected chi connectivity index (χ3v) is 2.71. The van der Waals surface area contributed by atoms with Crippen LogP contribution in [-0.2, 0) is 0 Å². The van der Waals surface area contributed by atoms with Crippen molar-refractivity contribution >= 4 is 16.7 Å². The van der Waals surface area contributed by atoms with Crippen molar-refractivity contribution in [2.45, 2.75) is 0 Å². The largest absolute Gasteiger partial charge is 0.409 e. The average Bonchev–Trinajstić information content (AvgIpc) is 2.90. The smallest absolute Gasteiger partial charge is 0.192 e. The van der Waals surface area contributed by atoms with Gasteiger partial charge in [-0.15, -0.1) is 0 Å². The Balaban J connectivity index is 2.28. The molecular formula is C12H10N6O. The molecule has 0 spiro atoms. The number of rotatable bonds is 2. The Morgan fingerprint density at radius 3 is 2.84 bits per heavy atom. The Morgan fingerprint density at radius 2 is 2.00 bits per heavy atom. The van der Waals surface area contributed by atoms with Crippen molar-refractivity contribution < 1.29 is 5.21 Å². The summed E-state index contributed by atoms with van der Waals surface area (Å²) < 4.78 is 1.61. The summed E-state index contributed by atoms with van der Waals surface area (Å²) in [6, 6.07) is 7.68. The lowest BCUT2D eigenvalue weighted by Crippen LogP contribution is -2.19. The summed E-state index contributed by atoms with van der Waals surface area (Å²) in [5.74, 6) is 0.307. The molecular weight excluding hydrogens is 244 g/mol. The fourth-order valence-electron chi connectivity index (χ4n) is 1.85. The van der Waals surface area contributed by atoms with Crippen molar-refractivity contribution in [3.05, 3.63) is 48.5 Å². The lowest BCUT2D eigenvalue weighted by molar-refractivity contribution is 0.318. The zero-order chi connectivity index (χ0) is 13.2. The summed E-state index contributed by atoms with van der Waals surface area (Å²) in [6.07, 6.45) is 4.72. The summed E-state index contributed by atoms with van der Waals surface area (Å²) in [4.78, 5) is 8.28. The topological polar surface area (TPSA) is 102 Å². The quantitative estimate of drug-likeness (QED) is 0.306. The van der Waals surface area contributed by atoms with Crippen molar-refractivity contribution in [1.82, 2.24) is 19.7 Å². The van der Waals surface area contributed by atoms with E-state index in [1.165, 1.54) is 12.4 Å². The molecule has 2 aromatic heterocycles. The van der Waals surface area contributed by atoms with Crippen LogP contribution in [0.1, 0.15) is 5.69 Å². The lowest BCUT2D eigenvalue weighted by Gasteiger charge is -2.06. The Hall–Kier alpha value is -2.96. The van der Waals surface area contributed by atoms with Gasteiger partial charge in [0.05, 0.1) is 11.7 Å². The van der Waals surface area contributed by atoms with Crippen molar-refractivity contribution in [1.29, 1.82) is 0 Å². The number of amidine groups is 1. The number of aromatic nitrogens is 4. The van der Waals surface area contributed by atoms with Crippen LogP contribution in [0.5, 0.6) is 0 Å². The third kappa shape index (κ3) is 1.77. The van der Waals surface area contributed by atoms with Gasteiger partial charge >= 0.3 is 0 Å². The first-order valence-corrected chi connectivity index (χ1v) is 5.53. The number of fused-ring (bicyclic) bond motifs is 1. The number of hydrogen-bond donors (Lipinski definition) is 2. The Bertz CT molecular complexity index is 764. The van der Waals surface area contributed by atoms with Gasteiger partial charge in [0.1, 0.15) is 0 Å². The first kappa shape index (κ1) is 11.1. The molecule has 0 aliphatic carbocycles. The number of nitrogens with zero attached hydrogens (tertiary/aromatic N) is 5. The third-order valence-electron chi connectivity index (χ3n) is 2.71. The van der Waals surface area contributed by atoms with Crippen LogP contribution in [0.2, 0.25) is 0 Å². The van der Waals surface area contributed by atoms with Gasteiger partial charge < -0.3 is 10.9 Å². The standard InChI is InChI=1S/C12H10N6O/c13-11(17-19)10-12(15-6-5-14-10)18-9-4-2-1-3-8(9)7-16-18/h1-7,19H,(H2,13,17). The van der Waals surface area contributed by atoms with Crippen LogP contribution in [0.4, 0.5) is 0 Å². The monoisotopic (exact) mass is 254 g/mol. The molecule has 0 radical (unpaired) electrons. The first-order chi connectivity index (χ1) is 9.31. The zero-order valence-corrected chi connectivity index (χ0v) is 9.80. The van der Waals surface area contributed by atoms with E-state index in [2.05, 4.69) is 20.2 Å². The number of para-hydroxylation sites is 1. The highest BCUT2D eigenvalue weighted by atomic mass is 16.4. The van der Waals surface area contributed by atoms with Gasteiger partial charge in [-0.2, -0.15) is 5.10 Å². The van der Waals surface area contributed by atoms with E-state index >= 15 is 0 Å². The molecule has 0 saturated heterocycles. The van der Waals surface area contributed by atoms with E-state index in [1.54, 1.807) is 10.9 Å². The molecule has 7 nitrogen and oxygen atoms in total. The predicted molar refractivity (Wildman–Crippen MR) is 69.2 cm³/mol. The van der Waals surface area contributed by atoms with Crippen LogP contribution in [-0.4, -0.2) is 30.8 Å². The Kier molecular flexibility index (Phi) is 2.57. The van der Waals surface area contributed by atoms with E-state index in [0.29, 0.717) is 5.82 Å². The predicted octanol–water partition coefficient (Wildman–Crippen LogP) is 0.910. The number of nitrogens with two attached hydrogens (primary N) is 1. The van der Waals surface area contributed by atoms with Gasteiger partial charge in [-0.3, -0.25) is 0 Å². The molecule has 3 N–H and O–H groups in total. The van der Waals surface area contributed by atoms with E-state index in [0.717, 1.165) is 10.9 Å². The van der Waals surface area contributed by atoms with Gasteiger partial charge in [0.2, 0.25) is 0 Å². The average molecular weight is 254 g/mol. The van der Waals surface area contributed by atoms with Gasteiger partial charge in [0.15, 0.2) is 17.3 Å². The minimum atomic E-state index is -0.109. The zero-order valence-electron chi connectivity index (χ0n) is 9.80. The highest BCUT2D eigenvalue weighted by Crippen LogP contribution is 2.17. The fourth-order valence-corrected chi connectivity index (χ4v) is 1.85. The minimum absolute atomic E-state index is 0.109. The molecule has 3 aromatic rings. The highest BCUT2D eigenvalue weighted by molar-refractivity contribution is 5.98. The van der Waals surface area contributed by atoms with Gasteiger partial charge in [-0.05, 0) is 6.07 Å². The van der Waals surface area contributed by atoms with Crippen molar-refractivity contribution in [3.63, 3.8) is 0 Å². The van der Waals surface area contributed by atoms with E-state index in [4.69, 9.17) is 10.9 Å². The molecule has 1 aromatic carbocycles. The summed E-state index contributed by atoms with van der Waals surface area (Å²) in [5.41, 5.74) is 6.75. The van der Waals surface area contributed by atoms with Crippen molar-refractivity contribution in [3.8, 4) is 5.82 Å². The van der Waals surface area contributed by atoms with E-state index in [1.807, 2.05) is 24.3 Å². The molecule has 0 atom stereocenters. The summed E-state index contributed by atoms with van der Waals surface area (Å²) in [5, 5.41) is 17.0. The Labute approximate surface area is 108 Å². The van der Waals surface area contributed by atoms with Gasteiger partial charge in [-0.1, -0.05) is 23.4 Å². The highest BCUT2D eigenvalue weighted by Gasteiger charge is 2.14. The molecule has 0 bridgehead atoms. The molecule has 0 saturated carbocycles. The lowest BCUT2D eigenvalue weighted by atomic mass is 10.2. The first-order valence-electron chi connectivity index (χ1n) is 5.53. The van der Waals surface area contributed by atoms with Crippen LogP contribution in [0.25, 0.3) is 16.7 Å². The molecule has 0 aliphatic rings. The van der Waals surface area contributed by atoms with Gasteiger partial charge in [0.25, 0.3) is 0 Å². The molecule has 2 heterocycles. The maximum Gasteiger partial charge on any atom is 0.192 e. The summed E-state index contributed by atoms with van der Waals surface area (Å²) in [7, 11) is 0. The van der Waals surface area contributed by atoms with Crippen molar-refractivity contribution in [2.24, 2.45) is 10.9 Å². The minimum Gasteiger partial charge on any atom is -0.409 e. The van der Waals surface area contributed by atoms with Gasteiger partial charge in [-0.25, -0.2) is 14.6 Å². The number of benzene rings is 1. The van der Waals surface area contributed by atoms with Crippen LogP contribution in [0.15, 0.2) is 48.0 Å². The maximum absolute atomic E-state index is 8.79. The second-order valence-corrected chi connectivity index (χ2v) is 3.83. The second-order valence-electron chi connectivity index (χ2n) is 3.83. The second kappa shape index (κ2) is 4.37. The Morgan fingerprint density at radius 1 is 1.21 bits per heavy atom. The SMILES string of the molecule is NC(=NO)c1nccnc1-n1ncc2ccccc21.